The van der Waals surface area contributed by atoms with E-state index in [2.05, 4.69) is 20.5 Å². The lowest BCUT2D eigenvalue weighted by Gasteiger charge is -2.09. The molecule has 0 radical (unpaired) electrons. The summed E-state index contributed by atoms with van der Waals surface area (Å²) in [5, 5.41) is 10.1. The van der Waals surface area contributed by atoms with E-state index in [1.54, 1.807) is 30.7 Å². The highest BCUT2D eigenvalue weighted by Gasteiger charge is 2.11. The topological polar surface area (TPSA) is 79.9 Å². The van der Waals surface area contributed by atoms with Crippen LogP contribution in [0.5, 0.6) is 5.75 Å². The van der Waals surface area contributed by atoms with E-state index in [0.29, 0.717) is 12.3 Å². The number of nitrogens with zero attached hydrogens (tertiary/aromatic N) is 2. The van der Waals surface area contributed by atoms with Gasteiger partial charge >= 0.3 is 0 Å². The van der Waals surface area contributed by atoms with Gasteiger partial charge in [0.05, 0.1) is 24.9 Å². The first kappa shape index (κ1) is 20.3. The van der Waals surface area contributed by atoms with Crippen molar-refractivity contribution in [2.24, 2.45) is 0 Å². The van der Waals surface area contributed by atoms with Crippen LogP contribution in [0.25, 0.3) is 22.4 Å². The molecule has 0 saturated heterocycles. The maximum atomic E-state index is 13.1. The van der Waals surface area contributed by atoms with Crippen LogP contribution in [0.2, 0.25) is 0 Å². The first-order chi connectivity index (χ1) is 15.2. The van der Waals surface area contributed by atoms with Gasteiger partial charge in [-0.2, -0.15) is 5.10 Å². The Balaban J connectivity index is 1.34. The number of pyridine rings is 1. The van der Waals surface area contributed by atoms with E-state index in [-0.39, 0.29) is 24.8 Å². The average molecular weight is 416 g/mol. The molecule has 2 aromatic heterocycles. The highest BCUT2D eigenvalue weighted by Crippen LogP contribution is 2.30. The highest BCUT2D eigenvalue weighted by molar-refractivity contribution is 5.80. The number of amides is 1. The van der Waals surface area contributed by atoms with Gasteiger partial charge < -0.3 is 10.1 Å². The summed E-state index contributed by atoms with van der Waals surface area (Å²) in [6.45, 7) is 0.574. The van der Waals surface area contributed by atoms with Crippen molar-refractivity contribution in [2.45, 2.75) is 13.0 Å². The quantitative estimate of drug-likeness (QED) is 0.447. The number of carbonyl (C=O) groups is 1. The summed E-state index contributed by atoms with van der Waals surface area (Å²) in [6.07, 6.45) is 5.47. The standard InChI is InChI=1S/C24H21FN4O2/c25-20-5-2-6-21(14-20)31-12-9-23(30)27-15-17-3-1-4-19(13-17)24-22(16-28-29-24)18-7-10-26-11-8-18/h1-8,10-11,13-14,16H,9,12,15H2,(H,27,30)(H,28,29). The van der Waals surface area contributed by atoms with Crippen molar-refractivity contribution in [1.82, 2.24) is 20.5 Å². The zero-order valence-electron chi connectivity index (χ0n) is 16.7. The van der Waals surface area contributed by atoms with Crippen LogP contribution in [0.3, 0.4) is 0 Å². The molecule has 2 N–H and O–H groups in total. The summed E-state index contributed by atoms with van der Waals surface area (Å²) in [5.74, 6) is -0.0999. The zero-order valence-corrected chi connectivity index (χ0v) is 16.7. The molecule has 0 aliphatic heterocycles. The zero-order chi connectivity index (χ0) is 21.5. The number of rotatable bonds is 8. The van der Waals surface area contributed by atoms with Gasteiger partial charge in [0.25, 0.3) is 0 Å². The number of aromatic amines is 1. The van der Waals surface area contributed by atoms with E-state index in [0.717, 1.165) is 27.9 Å². The van der Waals surface area contributed by atoms with Crippen LogP contribution in [-0.4, -0.2) is 27.7 Å². The molecule has 0 bridgehead atoms. The average Bonchev–Trinajstić information content (AvgIpc) is 3.29. The third-order valence-corrected chi connectivity index (χ3v) is 4.73. The number of ether oxygens (including phenoxy) is 1. The fourth-order valence-corrected chi connectivity index (χ4v) is 3.20. The van der Waals surface area contributed by atoms with Crippen molar-refractivity contribution in [3.63, 3.8) is 0 Å². The van der Waals surface area contributed by atoms with E-state index < -0.39 is 0 Å². The first-order valence-electron chi connectivity index (χ1n) is 9.87. The number of hydrogen-bond acceptors (Lipinski definition) is 4. The number of hydrogen-bond donors (Lipinski definition) is 2. The summed E-state index contributed by atoms with van der Waals surface area (Å²) in [4.78, 5) is 16.2. The van der Waals surface area contributed by atoms with Crippen LogP contribution in [-0.2, 0) is 11.3 Å². The van der Waals surface area contributed by atoms with Crippen LogP contribution < -0.4 is 10.1 Å². The van der Waals surface area contributed by atoms with Gasteiger partial charge in [0.15, 0.2) is 0 Å². The number of aromatic nitrogens is 3. The third-order valence-electron chi connectivity index (χ3n) is 4.73. The molecule has 4 aromatic rings. The van der Waals surface area contributed by atoms with Crippen LogP contribution in [0, 0.1) is 5.82 Å². The largest absolute Gasteiger partial charge is 0.493 e. The minimum Gasteiger partial charge on any atom is -0.493 e. The molecule has 0 aliphatic carbocycles. The number of H-pyrrole nitrogens is 1. The van der Waals surface area contributed by atoms with Gasteiger partial charge in [0, 0.05) is 36.1 Å². The first-order valence-corrected chi connectivity index (χ1v) is 9.87. The van der Waals surface area contributed by atoms with E-state index in [9.17, 15) is 9.18 Å². The Morgan fingerprint density at radius 3 is 2.71 bits per heavy atom. The summed E-state index contributed by atoms with van der Waals surface area (Å²) in [5.41, 5.74) is 4.86. The van der Waals surface area contributed by atoms with Gasteiger partial charge in [0.2, 0.25) is 5.91 Å². The SMILES string of the molecule is O=C(CCOc1cccc(F)c1)NCc1cccc(-c2[nH]ncc2-c2ccncc2)c1. The Hall–Kier alpha value is -4.00. The lowest BCUT2D eigenvalue weighted by molar-refractivity contribution is -0.121. The van der Waals surface area contributed by atoms with Gasteiger partial charge in [-0.1, -0.05) is 24.3 Å². The Morgan fingerprint density at radius 1 is 1.03 bits per heavy atom. The predicted octanol–water partition coefficient (Wildman–Crippen LogP) is 4.36. The van der Waals surface area contributed by atoms with Crippen molar-refractivity contribution in [1.29, 1.82) is 0 Å². The maximum absolute atomic E-state index is 13.1. The van der Waals surface area contributed by atoms with Crippen molar-refractivity contribution in [3.05, 3.63) is 90.6 Å². The molecule has 31 heavy (non-hydrogen) atoms. The molecule has 2 heterocycles. The predicted molar refractivity (Wildman–Crippen MR) is 116 cm³/mol. The van der Waals surface area contributed by atoms with E-state index in [1.807, 2.05) is 36.4 Å². The molecule has 4 rings (SSSR count). The highest BCUT2D eigenvalue weighted by atomic mass is 19.1. The number of benzene rings is 2. The summed E-state index contributed by atoms with van der Waals surface area (Å²) in [6, 6.07) is 17.6. The number of nitrogens with one attached hydrogen (secondary N) is 2. The molecular weight excluding hydrogens is 395 g/mol. The molecule has 0 fully saturated rings. The molecule has 1 amide bonds. The molecule has 2 aromatic carbocycles. The van der Waals surface area contributed by atoms with Gasteiger partial charge in [-0.15, -0.1) is 0 Å². The second-order valence-electron chi connectivity index (χ2n) is 6.93. The normalized spacial score (nSPS) is 10.6. The minimum absolute atomic E-state index is 0.138. The van der Waals surface area contributed by atoms with E-state index in [4.69, 9.17) is 4.74 Å². The van der Waals surface area contributed by atoms with Crippen molar-refractivity contribution in [2.75, 3.05) is 6.61 Å². The van der Waals surface area contributed by atoms with Crippen LogP contribution in [0.1, 0.15) is 12.0 Å². The molecule has 0 aliphatic rings. The molecule has 0 unspecified atom stereocenters. The Morgan fingerprint density at radius 2 is 1.87 bits per heavy atom. The van der Waals surface area contributed by atoms with E-state index >= 15 is 0 Å². The second-order valence-corrected chi connectivity index (χ2v) is 6.93. The summed E-state index contributed by atoms with van der Waals surface area (Å²) >= 11 is 0. The Kier molecular flexibility index (Phi) is 6.32. The molecule has 156 valence electrons. The van der Waals surface area contributed by atoms with Crippen molar-refractivity contribution < 1.29 is 13.9 Å². The Bertz CT molecular complexity index is 1160. The monoisotopic (exact) mass is 416 g/mol. The van der Waals surface area contributed by atoms with Gasteiger partial charge in [0.1, 0.15) is 11.6 Å². The molecule has 0 spiro atoms. The van der Waals surface area contributed by atoms with Crippen molar-refractivity contribution >= 4 is 5.91 Å². The lowest BCUT2D eigenvalue weighted by Crippen LogP contribution is -2.24. The van der Waals surface area contributed by atoms with Crippen LogP contribution in [0.4, 0.5) is 4.39 Å². The fraction of sp³-hybridized carbons (Fsp3) is 0.125. The molecule has 6 nitrogen and oxygen atoms in total. The molecular formula is C24H21FN4O2. The van der Waals surface area contributed by atoms with Gasteiger partial charge in [-0.3, -0.25) is 14.9 Å². The lowest BCUT2D eigenvalue weighted by atomic mass is 10.0. The summed E-state index contributed by atoms with van der Waals surface area (Å²) in [7, 11) is 0. The van der Waals surface area contributed by atoms with Crippen LogP contribution >= 0.6 is 0 Å². The summed E-state index contributed by atoms with van der Waals surface area (Å²) < 4.78 is 18.6. The number of halogens is 1. The number of carbonyl (C=O) groups excluding carboxylic acids is 1. The second kappa shape index (κ2) is 9.67. The van der Waals surface area contributed by atoms with Gasteiger partial charge in [-0.05, 0) is 41.5 Å². The van der Waals surface area contributed by atoms with E-state index in [1.165, 1.54) is 12.1 Å². The Labute approximate surface area is 179 Å². The molecule has 0 atom stereocenters. The van der Waals surface area contributed by atoms with Gasteiger partial charge in [-0.25, -0.2) is 4.39 Å². The smallest absolute Gasteiger partial charge is 0.223 e. The van der Waals surface area contributed by atoms with Crippen molar-refractivity contribution in [3.8, 4) is 28.1 Å². The third kappa shape index (κ3) is 5.33. The molecule has 0 saturated carbocycles. The maximum Gasteiger partial charge on any atom is 0.223 e. The van der Waals surface area contributed by atoms with Crippen LogP contribution in [0.15, 0.2) is 79.3 Å². The minimum atomic E-state index is -0.369. The molecule has 7 heteroatoms. The fourth-order valence-electron chi connectivity index (χ4n) is 3.20.